The first-order valence-corrected chi connectivity index (χ1v) is 5.43. The van der Waals surface area contributed by atoms with E-state index in [0.29, 0.717) is 11.9 Å². The summed E-state index contributed by atoms with van der Waals surface area (Å²) < 4.78 is 5.80. The molecule has 0 bridgehead atoms. The number of esters is 1. The van der Waals surface area contributed by atoms with Crippen LogP contribution >= 0.6 is 0 Å². The Kier molecular flexibility index (Phi) is 3.38. The number of carbonyl (C=O) groups is 1. The molecular weight excluding hydrogens is 234 g/mol. The molecule has 6 nitrogen and oxygen atoms in total. The molecule has 18 heavy (non-hydrogen) atoms. The monoisotopic (exact) mass is 247 g/mol. The van der Waals surface area contributed by atoms with Gasteiger partial charge in [-0.05, 0) is 11.6 Å². The number of nitrogens with zero attached hydrogens (tertiary/aromatic N) is 2. The number of rotatable bonds is 4. The minimum absolute atomic E-state index is 0.301. The van der Waals surface area contributed by atoms with Gasteiger partial charge >= 0.3 is 5.97 Å². The average molecular weight is 247 g/mol. The van der Waals surface area contributed by atoms with Crippen molar-refractivity contribution in [1.82, 2.24) is 4.68 Å². The van der Waals surface area contributed by atoms with Gasteiger partial charge in [0.05, 0.1) is 17.9 Å². The molecule has 0 unspecified atom stereocenters. The number of aromatic nitrogens is 1. The van der Waals surface area contributed by atoms with Crippen molar-refractivity contribution in [2.45, 2.75) is 12.5 Å². The van der Waals surface area contributed by atoms with E-state index in [1.807, 2.05) is 18.2 Å². The van der Waals surface area contributed by atoms with E-state index in [4.69, 9.17) is 5.73 Å². The Balaban J connectivity index is 2.39. The van der Waals surface area contributed by atoms with Crippen LogP contribution in [0.25, 0.3) is 10.9 Å². The molecule has 0 amide bonds. The maximum absolute atomic E-state index is 11.3. The summed E-state index contributed by atoms with van der Waals surface area (Å²) in [5.41, 5.74) is 7.20. The fraction of sp³-hybridized carbons (Fsp3) is 0.250. The topological polar surface area (TPSA) is 86.7 Å². The number of benzene rings is 1. The van der Waals surface area contributed by atoms with E-state index in [1.165, 1.54) is 11.8 Å². The third kappa shape index (κ3) is 2.10. The lowest BCUT2D eigenvalue weighted by Crippen LogP contribution is -2.33. The van der Waals surface area contributed by atoms with Gasteiger partial charge in [0.2, 0.25) is 0 Å². The van der Waals surface area contributed by atoms with Crippen molar-refractivity contribution in [2.24, 2.45) is 11.0 Å². The molecule has 0 radical (unpaired) electrons. The molecule has 0 aliphatic heterocycles. The summed E-state index contributed by atoms with van der Waals surface area (Å²) in [6.07, 6.45) is 1.89. The number of para-hydroxylation sites is 1. The second-order valence-electron chi connectivity index (χ2n) is 3.93. The Morgan fingerprint density at radius 1 is 1.50 bits per heavy atom. The van der Waals surface area contributed by atoms with Crippen LogP contribution in [0, 0.1) is 4.91 Å². The molecule has 1 atom stereocenters. The van der Waals surface area contributed by atoms with Crippen molar-refractivity contribution in [3.63, 3.8) is 0 Å². The lowest BCUT2D eigenvalue weighted by Gasteiger charge is -2.07. The number of nitroso groups, excluding NO2 is 1. The highest BCUT2D eigenvalue weighted by atomic mass is 16.5. The minimum Gasteiger partial charge on any atom is -0.468 e. The SMILES string of the molecule is COC(=O)[C@@H](N)Cc1cn(N=O)c2ccccc12. The van der Waals surface area contributed by atoms with Crippen molar-refractivity contribution < 1.29 is 9.53 Å². The number of hydrogen-bond donors (Lipinski definition) is 1. The Hall–Kier alpha value is -2.21. The molecule has 2 aromatic rings. The summed E-state index contributed by atoms with van der Waals surface area (Å²) in [5.74, 6) is -0.481. The van der Waals surface area contributed by atoms with Gasteiger partial charge in [0, 0.05) is 18.0 Å². The van der Waals surface area contributed by atoms with Gasteiger partial charge in [-0.2, -0.15) is 0 Å². The average Bonchev–Trinajstić information content (AvgIpc) is 2.76. The molecule has 0 saturated heterocycles. The first-order chi connectivity index (χ1) is 8.67. The van der Waals surface area contributed by atoms with Gasteiger partial charge in [-0.1, -0.05) is 18.2 Å². The molecule has 0 aliphatic carbocycles. The summed E-state index contributed by atoms with van der Waals surface area (Å²) in [5, 5.41) is 3.76. The first-order valence-electron chi connectivity index (χ1n) is 5.43. The quantitative estimate of drug-likeness (QED) is 0.650. The fourth-order valence-electron chi connectivity index (χ4n) is 1.93. The summed E-state index contributed by atoms with van der Waals surface area (Å²) in [6, 6.07) is 6.56. The number of nitrogens with two attached hydrogens (primary N) is 1. The summed E-state index contributed by atoms with van der Waals surface area (Å²) in [6.45, 7) is 0. The largest absolute Gasteiger partial charge is 0.468 e. The summed E-state index contributed by atoms with van der Waals surface area (Å²) >= 11 is 0. The van der Waals surface area contributed by atoms with E-state index in [0.717, 1.165) is 10.9 Å². The van der Waals surface area contributed by atoms with Gasteiger partial charge in [0.25, 0.3) is 0 Å². The van der Waals surface area contributed by atoms with Crippen LogP contribution in [0.2, 0.25) is 0 Å². The Morgan fingerprint density at radius 2 is 2.22 bits per heavy atom. The number of ether oxygens (including phenoxy) is 1. The molecule has 0 aliphatic rings. The zero-order valence-corrected chi connectivity index (χ0v) is 9.87. The van der Waals surface area contributed by atoms with Gasteiger partial charge in [0.15, 0.2) is 0 Å². The predicted octanol–water partition coefficient (Wildman–Crippen LogP) is 1.21. The second-order valence-corrected chi connectivity index (χ2v) is 3.93. The molecule has 1 heterocycles. The molecule has 1 aromatic heterocycles. The van der Waals surface area contributed by atoms with Gasteiger partial charge in [-0.25, -0.2) is 4.68 Å². The van der Waals surface area contributed by atoms with E-state index < -0.39 is 12.0 Å². The zero-order chi connectivity index (χ0) is 13.1. The van der Waals surface area contributed by atoms with E-state index in [2.05, 4.69) is 10.0 Å². The van der Waals surface area contributed by atoms with Crippen LogP contribution in [-0.2, 0) is 16.0 Å². The van der Waals surface area contributed by atoms with Gasteiger partial charge < -0.3 is 10.5 Å². The fourth-order valence-corrected chi connectivity index (χ4v) is 1.93. The van der Waals surface area contributed by atoms with Gasteiger partial charge in [-0.3, -0.25) is 4.79 Å². The van der Waals surface area contributed by atoms with Crippen molar-refractivity contribution >= 4 is 16.9 Å². The van der Waals surface area contributed by atoms with Crippen molar-refractivity contribution in [3.05, 3.63) is 40.9 Å². The third-order valence-electron chi connectivity index (χ3n) is 2.81. The molecule has 0 fully saturated rings. The molecule has 6 heteroatoms. The lowest BCUT2D eigenvalue weighted by molar-refractivity contribution is -0.142. The highest BCUT2D eigenvalue weighted by Gasteiger charge is 2.17. The number of fused-ring (bicyclic) bond motifs is 1. The van der Waals surface area contributed by atoms with Crippen LogP contribution in [-0.4, -0.2) is 23.8 Å². The summed E-state index contributed by atoms with van der Waals surface area (Å²) in [7, 11) is 1.29. The van der Waals surface area contributed by atoms with Crippen LogP contribution in [0.1, 0.15) is 5.56 Å². The highest BCUT2D eigenvalue weighted by molar-refractivity contribution is 5.85. The van der Waals surface area contributed by atoms with Crippen LogP contribution in [0.15, 0.2) is 35.7 Å². The lowest BCUT2D eigenvalue weighted by atomic mass is 10.1. The van der Waals surface area contributed by atoms with Crippen molar-refractivity contribution in [3.8, 4) is 0 Å². The normalized spacial score (nSPS) is 12.3. The molecule has 94 valence electrons. The maximum Gasteiger partial charge on any atom is 0.322 e. The Labute approximate surface area is 103 Å². The molecular formula is C12H13N3O3. The molecule has 0 saturated carbocycles. The van der Waals surface area contributed by atoms with Gasteiger partial charge in [-0.15, -0.1) is 4.91 Å². The number of hydrogen-bond acceptors (Lipinski definition) is 5. The molecule has 2 N–H and O–H groups in total. The number of carbonyl (C=O) groups excluding carboxylic acids is 1. The summed E-state index contributed by atoms with van der Waals surface area (Å²) in [4.78, 5) is 22.0. The van der Waals surface area contributed by atoms with Crippen LogP contribution in [0.3, 0.4) is 0 Å². The van der Waals surface area contributed by atoms with E-state index in [9.17, 15) is 9.70 Å². The minimum atomic E-state index is -0.749. The second kappa shape index (κ2) is 4.97. The smallest absolute Gasteiger partial charge is 0.322 e. The molecule has 0 spiro atoms. The first kappa shape index (κ1) is 12.3. The standard InChI is InChI=1S/C12H13N3O3/c1-18-12(16)10(13)6-8-7-15(14-17)11-5-3-2-4-9(8)11/h2-5,7,10H,6,13H2,1H3/t10-/m0/s1. The maximum atomic E-state index is 11.3. The third-order valence-corrected chi connectivity index (χ3v) is 2.81. The Morgan fingerprint density at radius 3 is 2.89 bits per heavy atom. The molecule has 2 rings (SSSR count). The Bertz CT molecular complexity index is 591. The number of methoxy groups -OCH3 is 1. The van der Waals surface area contributed by atoms with E-state index in [1.54, 1.807) is 12.3 Å². The van der Waals surface area contributed by atoms with Crippen molar-refractivity contribution in [2.75, 3.05) is 7.11 Å². The van der Waals surface area contributed by atoms with Crippen molar-refractivity contribution in [1.29, 1.82) is 0 Å². The van der Waals surface area contributed by atoms with E-state index in [-0.39, 0.29) is 0 Å². The predicted molar refractivity (Wildman–Crippen MR) is 66.8 cm³/mol. The van der Waals surface area contributed by atoms with Crippen LogP contribution < -0.4 is 5.73 Å². The highest BCUT2D eigenvalue weighted by Crippen LogP contribution is 2.22. The van der Waals surface area contributed by atoms with Crippen LogP contribution in [0.5, 0.6) is 0 Å². The van der Waals surface area contributed by atoms with Gasteiger partial charge in [0.1, 0.15) is 6.04 Å². The van der Waals surface area contributed by atoms with E-state index >= 15 is 0 Å². The zero-order valence-electron chi connectivity index (χ0n) is 9.87. The molecule has 1 aromatic carbocycles. The van der Waals surface area contributed by atoms with Crippen LogP contribution in [0.4, 0.5) is 0 Å².